The summed E-state index contributed by atoms with van der Waals surface area (Å²) < 4.78 is 36.2. The number of phenols is 2. The topological polar surface area (TPSA) is 311 Å². The van der Waals surface area contributed by atoms with Gasteiger partial charge in [-0.2, -0.15) is 20.4 Å². The second-order valence-corrected chi connectivity index (χ2v) is 23.2. The van der Waals surface area contributed by atoms with Crippen LogP contribution in [0.15, 0.2) is 164 Å². The molecule has 1 aliphatic rings. The number of nitrogen functional groups attached to an aromatic ring is 1. The molecule has 1 aliphatic heterocycles. The van der Waals surface area contributed by atoms with E-state index in [1.165, 1.54) is 30.0 Å². The average molecular weight is 1330 g/mol. The number of anilines is 2. The van der Waals surface area contributed by atoms with Crippen molar-refractivity contribution >= 4 is 48.3 Å². The molecule has 0 spiro atoms. The van der Waals surface area contributed by atoms with Crippen molar-refractivity contribution in [2.75, 3.05) is 37.1 Å². The molecule has 8 heterocycles. The molecule has 1 amide bonds. The Kier molecular flexibility index (Phi) is 26.0. The molecule has 98 heavy (non-hydrogen) atoms. The Bertz CT molecular complexity index is 4340. The third-order valence-electron chi connectivity index (χ3n) is 15.3. The number of phenolic OH excluding ortho intramolecular Hbond substituents is 2. The van der Waals surface area contributed by atoms with Crippen molar-refractivity contribution in [2.24, 2.45) is 0 Å². The molecule has 0 saturated heterocycles. The zero-order valence-corrected chi connectivity index (χ0v) is 56.2. The molecule has 3 aromatic carbocycles. The minimum atomic E-state index is -0.264. The number of carbonyl (C=O) groups excluding carboxylic acids is 5. The molecule has 0 radical (unpaired) electrons. The summed E-state index contributed by atoms with van der Waals surface area (Å²) in [6, 6.07) is 34.0. The van der Waals surface area contributed by atoms with Gasteiger partial charge in [0.1, 0.15) is 77.9 Å². The van der Waals surface area contributed by atoms with Crippen molar-refractivity contribution in [1.29, 1.82) is 0 Å². The van der Waals surface area contributed by atoms with E-state index in [4.69, 9.17) is 29.4 Å². The first kappa shape index (κ1) is 72.2. The number of nitrogens with two attached hydrogens (primary N) is 1. The highest BCUT2D eigenvalue weighted by atomic mass is 16.5. The van der Waals surface area contributed by atoms with Crippen molar-refractivity contribution < 1.29 is 57.9 Å². The predicted octanol–water partition coefficient (Wildman–Crippen LogP) is 12.3. The fourth-order valence-corrected chi connectivity index (χ4v) is 10.5. The molecule has 0 aliphatic carbocycles. The van der Waals surface area contributed by atoms with E-state index in [0.29, 0.717) is 80.5 Å². The number of hydrogen-bond donors (Lipinski definition) is 3. The highest BCUT2D eigenvalue weighted by Crippen LogP contribution is 2.34. The zero-order chi connectivity index (χ0) is 70.3. The van der Waals surface area contributed by atoms with Crippen LogP contribution in [-0.4, -0.2) is 128 Å². The molecule has 0 fully saturated rings. The summed E-state index contributed by atoms with van der Waals surface area (Å²) in [4.78, 5) is 71.6. The quantitative estimate of drug-likeness (QED) is 0.0448. The third kappa shape index (κ3) is 18.0. The first-order valence-corrected chi connectivity index (χ1v) is 31.8. The lowest BCUT2D eigenvalue weighted by Crippen LogP contribution is -2.41. The average Bonchev–Trinajstić information content (AvgIpc) is 1.62. The largest absolute Gasteiger partial charge is 0.507 e. The summed E-state index contributed by atoms with van der Waals surface area (Å²) in [5, 5.41) is 36.7. The van der Waals surface area contributed by atoms with E-state index in [9.17, 15) is 34.2 Å². The summed E-state index contributed by atoms with van der Waals surface area (Å²) in [7, 11) is 0. The molecule has 11 rings (SSSR count). The Morgan fingerprint density at radius 2 is 1.06 bits per heavy atom. The van der Waals surface area contributed by atoms with E-state index >= 15 is 0 Å². The Morgan fingerprint density at radius 1 is 0.541 bits per heavy atom. The van der Waals surface area contributed by atoms with Crippen LogP contribution in [0.3, 0.4) is 0 Å². The number of benzene rings is 3. The molecule has 0 saturated carbocycles. The van der Waals surface area contributed by atoms with Gasteiger partial charge in [-0.05, 0) is 152 Å². The van der Waals surface area contributed by atoms with Crippen LogP contribution in [0.1, 0.15) is 145 Å². The Labute approximate surface area is 568 Å². The Hall–Kier alpha value is -11.6. The van der Waals surface area contributed by atoms with Crippen molar-refractivity contribution in [3.63, 3.8) is 0 Å². The van der Waals surface area contributed by atoms with Gasteiger partial charge in [-0.3, -0.25) is 52.9 Å². The minimum Gasteiger partial charge on any atom is -0.507 e. The van der Waals surface area contributed by atoms with Crippen LogP contribution in [0, 0.1) is 0 Å². The number of aromatic hydroxyl groups is 2. The fraction of sp³-hybridized carbons (Fsp3) is 0.288. The summed E-state index contributed by atoms with van der Waals surface area (Å²) in [5.74, 6) is 1.91. The van der Waals surface area contributed by atoms with E-state index in [1.54, 1.807) is 83.2 Å². The molecule has 7 aromatic heterocycles. The van der Waals surface area contributed by atoms with Crippen LogP contribution in [0.4, 0.5) is 11.6 Å². The monoisotopic (exact) mass is 1330 g/mol. The van der Waals surface area contributed by atoms with Crippen LogP contribution < -0.4 is 29.6 Å². The van der Waals surface area contributed by atoms with Crippen LogP contribution in [0.5, 0.6) is 34.5 Å². The normalized spacial score (nSPS) is 11.8. The molecule has 25 heteroatoms. The van der Waals surface area contributed by atoms with E-state index in [2.05, 4.69) is 76.9 Å². The molecular formula is C73H81N13O12. The number of hydrogen-bond acceptors (Lipinski definition) is 20. The lowest BCUT2D eigenvalue weighted by atomic mass is 10.0. The minimum absolute atomic E-state index is 0.0278. The van der Waals surface area contributed by atoms with Gasteiger partial charge in [-0.15, -0.1) is 0 Å². The first-order chi connectivity index (χ1) is 47.4. The van der Waals surface area contributed by atoms with Crippen molar-refractivity contribution in [1.82, 2.24) is 54.1 Å². The van der Waals surface area contributed by atoms with Crippen LogP contribution in [0.25, 0.3) is 28.3 Å². The smallest absolute Gasteiger partial charge is 0.266 e. The van der Waals surface area contributed by atoms with Crippen LogP contribution in [-0.2, 0) is 29.3 Å². The molecule has 0 unspecified atom stereocenters. The Morgan fingerprint density at radius 3 is 1.67 bits per heavy atom. The molecular weight excluding hydrogens is 1250 g/mol. The zero-order valence-electron chi connectivity index (χ0n) is 56.2. The summed E-state index contributed by atoms with van der Waals surface area (Å²) in [5.41, 5.74) is 15.1. The highest BCUT2D eigenvalue weighted by molar-refractivity contribution is 5.94. The molecule has 0 atom stereocenters. The van der Waals surface area contributed by atoms with E-state index in [1.807, 2.05) is 95.5 Å². The van der Waals surface area contributed by atoms with E-state index in [-0.39, 0.29) is 83.0 Å². The fourth-order valence-electron chi connectivity index (χ4n) is 10.5. The van der Waals surface area contributed by atoms with Gasteiger partial charge in [-0.1, -0.05) is 42.5 Å². The number of rotatable bonds is 25. The highest BCUT2D eigenvalue weighted by Gasteiger charge is 2.25. The first-order valence-electron chi connectivity index (χ1n) is 31.8. The molecule has 0 bridgehead atoms. The van der Waals surface area contributed by atoms with Crippen molar-refractivity contribution in [2.45, 2.75) is 113 Å². The summed E-state index contributed by atoms with van der Waals surface area (Å²) in [6.45, 7) is 20.6. The predicted molar refractivity (Wildman–Crippen MR) is 370 cm³/mol. The molecule has 510 valence electrons. The molecule has 10 aromatic rings. The maximum Gasteiger partial charge on any atom is 0.266 e. The van der Waals surface area contributed by atoms with Crippen LogP contribution in [0.2, 0.25) is 0 Å². The number of amides is 1. The van der Waals surface area contributed by atoms with Gasteiger partial charge in [0.15, 0.2) is 25.5 Å². The third-order valence-corrected chi connectivity index (χ3v) is 15.3. The number of nitrogens with zero attached hydrogens (tertiary/aromatic N) is 12. The number of aldehydes is 4. The number of carbonyl (C=O) groups is 5. The standard InChI is InChI=1S/C19H19N3O2.C19H22N2O4.C18H19N5O2.C17H21N3O4/c1-14(2)22-17(9-11-21-22)19-18(8-5-10-20-19)24-13-16-7-4-3-6-15(16)12-23;1-13(2)21-17(6-8-20-21)15-7-9-24-11-14(15)12-25-19-5-3-4-18(23)16(19)10-22;1-12(2)23-15(5-9-22-23)17-13(4-3-7-20-17)11-25-16-6-8-21-18(19)14(16)10-24;1-4-19-16(8-9-18-19)20(12(2)3)17(23)11-24-15-7-5-6-14(22)13(15)10-21/h3-12,14H,13H2,1-2H3;3-6,8,10,13,23H,7,9,11-12H2,1-2H3;3-10,12H,11H2,1-2H3,(H2,19,21);5-10,12,22H,4,11H2,1-3H3. The van der Waals surface area contributed by atoms with Gasteiger partial charge in [0.05, 0.1) is 58.9 Å². The number of aryl methyl sites for hydroxylation is 1. The molecule has 25 nitrogen and oxygen atoms in total. The number of aromatic nitrogens is 11. The van der Waals surface area contributed by atoms with Crippen LogP contribution >= 0.6 is 0 Å². The lowest BCUT2D eigenvalue weighted by Gasteiger charge is -2.27. The van der Waals surface area contributed by atoms with Gasteiger partial charge in [0.25, 0.3) is 5.91 Å². The second kappa shape index (κ2) is 35.2. The SMILES string of the molecule is CC(C)n1nccc1-c1ncccc1COc1ccnc(N)c1C=O.CC(C)n1nccc1-c1ncccc1OCc1ccccc1C=O.CC(C)n1nccc1C1=C(COc2cccc(O)c2C=O)COCC1.CCn1nccc1N(C(=O)COc1cccc(O)c1C=O)C(C)C. The summed E-state index contributed by atoms with van der Waals surface area (Å²) in [6.07, 6.45) is 15.3. The van der Waals surface area contributed by atoms with Gasteiger partial charge < -0.3 is 39.6 Å². The maximum atomic E-state index is 12.6. The lowest BCUT2D eigenvalue weighted by molar-refractivity contribution is -0.121. The van der Waals surface area contributed by atoms with Gasteiger partial charge in [0.2, 0.25) is 0 Å². The maximum absolute atomic E-state index is 12.6. The van der Waals surface area contributed by atoms with E-state index < -0.39 is 0 Å². The number of pyridine rings is 3. The summed E-state index contributed by atoms with van der Waals surface area (Å²) >= 11 is 0. The molecule has 4 N–H and O–H groups in total. The van der Waals surface area contributed by atoms with Crippen molar-refractivity contribution in [3.05, 3.63) is 203 Å². The van der Waals surface area contributed by atoms with E-state index in [0.717, 1.165) is 57.9 Å². The Balaban J connectivity index is 0.000000167. The van der Waals surface area contributed by atoms with Crippen molar-refractivity contribution in [3.8, 4) is 57.3 Å². The van der Waals surface area contributed by atoms with Gasteiger partial charge >= 0.3 is 0 Å². The van der Waals surface area contributed by atoms with Gasteiger partial charge in [0, 0.05) is 85.1 Å². The second-order valence-electron chi connectivity index (χ2n) is 23.2. The van der Waals surface area contributed by atoms with Gasteiger partial charge in [-0.25, -0.2) is 9.67 Å². The number of ether oxygens (including phenoxy) is 5.